The summed E-state index contributed by atoms with van der Waals surface area (Å²) >= 11 is 0. The lowest BCUT2D eigenvalue weighted by Crippen LogP contribution is -2.37. The number of nitrogens with zero attached hydrogens (tertiary/aromatic N) is 5. The van der Waals surface area contributed by atoms with Gasteiger partial charge in [0.05, 0.1) is 24.0 Å². The zero-order valence-corrected chi connectivity index (χ0v) is 14.9. The Hall–Kier alpha value is -2.51. The van der Waals surface area contributed by atoms with Gasteiger partial charge in [0.1, 0.15) is 5.76 Å². The molecule has 0 bridgehead atoms. The maximum absolute atomic E-state index is 5.86. The van der Waals surface area contributed by atoms with Crippen molar-refractivity contribution in [2.24, 2.45) is 0 Å². The summed E-state index contributed by atoms with van der Waals surface area (Å²) < 4.78 is 13.2. The lowest BCUT2D eigenvalue weighted by atomic mass is 10.1. The van der Waals surface area contributed by atoms with Crippen LogP contribution >= 0.6 is 0 Å². The molecule has 1 unspecified atom stereocenters. The standard InChI is InChI=1S/C19H23N5O2/c1-15-10-17(22-26-15)11-23-12-18-4-8-21-24(18)19(13-23)5-9-25-14-16-2-6-20-7-3-16/h2-4,6-8,10,19H,5,9,11-14H2,1H3. The quantitative estimate of drug-likeness (QED) is 0.608. The van der Waals surface area contributed by atoms with Crippen LogP contribution in [-0.4, -0.2) is 38.0 Å². The van der Waals surface area contributed by atoms with Crippen LogP contribution in [0.4, 0.5) is 0 Å². The Labute approximate surface area is 152 Å². The van der Waals surface area contributed by atoms with Gasteiger partial charge in [0, 0.05) is 50.9 Å². The summed E-state index contributed by atoms with van der Waals surface area (Å²) in [5.74, 6) is 0.850. The fourth-order valence-corrected chi connectivity index (χ4v) is 3.41. The minimum Gasteiger partial charge on any atom is -0.377 e. The minimum atomic E-state index is 0.305. The van der Waals surface area contributed by atoms with Crippen LogP contribution in [0, 0.1) is 6.92 Å². The maximum atomic E-state index is 5.86. The summed E-state index contributed by atoms with van der Waals surface area (Å²) in [6.07, 6.45) is 6.39. The first-order chi connectivity index (χ1) is 12.8. The van der Waals surface area contributed by atoms with Crippen molar-refractivity contribution in [2.75, 3.05) is 13.2 Å². The van der Waals surface area contributed by atoms with Gasteiger partial charge in [-0.25, -0.2) is 0 Å². The highest BCUT2D eigenvalue weighted by atomic mass is 16.5. The second-order valence-electron chi connectivity index (χ2n) is 6.72. The number of aromatic nitrogens is 4. The Balaban J connectivity index is 1.34. The van der Waals surface area contributed by atoms with Crippen molar-refractivity contribution in [1.29, 1.82) is 0 Å². The van der Waals surface area contributed by atoms with Crippen molar-refractivity contribution >= 4 is 0 Å². The van der Waals surface area contributed by atoms with Gasteiger partial charge in [-0.2, -0.15) is 5.10 Å². The molecule has 0 spiro atoms. The fraction of sp³-hybridized carbons (Fsp3) is 0.421. The first kappa shape index (κ1) is 16.9. The fourth-order valence-electron chi connectivity index (χ4n) is 3.41. The van der Waals surface area contributed by atoms with Crippen LogP contribution in [0.25, 0.3) is 0 Å². The molecule has 26 heavy (non-hydrogen) atoms. The molecule has 0 amide bonds. The van der Waals surface area contributed by atoms with Crippen LogP contribution in [0.1, 0.15) is 35.2 Å². The lowest BCUT2D eigenvalue weighted by molar-refractivity contribution is 0.0867. The van der Waals surface area contributed by atoms with E-state index in [1.165, 1.54) is 5.69 Å². The first-order valence-corrected chi connectivity index (χ1v) is 8.91. The van der Waals surface area contributed by atoms with Crippen LogP contribution in [-0.2, 0) is 24.4 Å². The average molecular weight is 353 g/mol. The number of aryl methyl sites for hydroxylation is 1. The van der Waals surface area contributed by atoms with Crippen molar-refractivity contribution in [3.63, 3.8) is 0 Å². The second kappa shape index (κ2) is 7.80. The zero-order chi connectivity index (χ0) is 17.8. The molecule has 3 aromatic rings. The van der Waals surface area contributed by atoms with E-state index in [-0.39, 0.29) is 0 Å². The molecule has 0 saturated heterocycles. The third-order valence-electron chi connectivity index (χ3n) is 4.63. The molecule has 7 nitrogen and oxygen atoms in total. The van der Waals surface area contributed by atoms with E-state index in [4.69, 9.17) is 9.26 Å². The monoisotopic (exact) mass is 353 g/mol. The van der Waals surface area contributed by atoms with Crippen LogP contribution in [0.2, 0.25) is 0 Å². The highest BCUT2D eigenvalue weighted by Gasteiger charge is 2.26. The molecular formula is C19H23N5O2. The molecule has 0 fully saturated rings. The predicted molar refractivity (Wildman–Crippen MR) is 95.1 cm³/mol. The molecule has 3 aromatic heterocycles. The van der Waals surface area contributed by atoms with E-state index in [0.29, 0.717) is 19.3 Å². The van der Waals surface area contributed by atoms with Crippen LogP contribution in [0.3, 0.4) is 0 Å². The molecule has 0 N–H and O–H groups in total. The molecule has 4 heterocycles. The summed E-state index contributed by atoms with van der Waals surface area (Å²) in [6.45, 7) is 5.83. The molecule has 7 heteroatoms. The molecule has 4 rings (SSSR count). The van der Waals surface area contributed by atoms with Gasteiger partial charge in [-0.3, -0.25) is 14.6 Å². The molecule has 0 aliphatic carbocycles. The maximum Gasteiger partial charge on any atom is 0.133 e. The van der Waals surface area contributed by atoms with Crippen molar-refractivity contribution in [2.45, 2.75) is 39.1 Å². The number of pyridine rings is 1. The Morgan fingerprint density at radius 2 is 2.12 bits per heavy atom. The van der Waals surface area contributed by atoms with E-state index in [1.807, 2.05) is 31.3 Å². The van der Waals surface area contributed by atoms with E-state index in [0.717, 1.165) is 43.1 Å². The van der Waals surface area contributed by atoms with Crippen LogP contribution in [0.5, 0.6) is 0 Å². The minimum absolute atomic E-state index is 0.305. The number of hydrogen-bond acceptors (Lipinski definition) is 6. The van der Waals surface area contributed by atoms with Gasteiger partial charge in [0.15, 0.2) is 0 Å². The lowest BCUT2D eigenvalue weighted by Gasteiger charge is -2.33. The summed E-state index contributed by atoms with van der Waals surface area (Å²) in [5.41, 5.74) is 3.35. The van der Waals surface area contributed by atoms with Gasteiger partial charge in [-0.15, -0.1) is 0 Å². The third kappa shape index (κ3) is 4.00. The molecule has 136 valence electrons. The van der Waals surface area contributed by atoms with Gasteiger partial charge in [0.2, 0.25) is 0 Å². The summed E-state index contributed by atoms with van der Waals surface area (Å²) in [7, 11) is 0. The topological polar surface area (TPSA) is 69.2 Å². The Bertz CT molecular complexity index is 829. The van der Waals surface area contributed by atoms with Crippen molar-refractivity contribution in [1.82, 2.24) is 24.8 Å². The number of hydrogen-bond donors (Lipinski definition) is 0. The number of fused-ring (bicyclic) bond motifs is 1. The smallest absolute Gasteiger partial charge is 0.133 e. The van der Waals surface area contributed by atoms with Gasteiger partial charge in [0.25, 0.3) is 0 Å². The Morgan fingerprint density at radius 3 is 2.92 bits per heavy atom. The molecule has 0 aromatic carbocycles. The largest absolute Gasteiger partial charge is 0.377 e. The SMILES string of the molecule is Cc1cc(CN2Cc3ccnn3C(CCOCc3ccncc3)C2)no1. The van der Waals surface area contributed by atoms with Gasteiger partial charge >= 0.3 is 0 Å². The Morgan fingerprint density at radius 1 is 1.23 bits per heavy atom. The van der Waals surface area contributed by atoms with E-state index in [2.05, 4.69) is 30.9 Å². The van der Waals surface area contributed by atoms with Gasteiger partial charge in [-0.1, -0.05) is 5.16 Å². The van der Waals surface area contributed by atoms with Crippen LogP contribution in [0.15, 0.2) is 47.4 Å². The van der Waals surface area contributed by atoms with Crippen LogP contribution < -0.4 is 0 Å². The highest BCUT2D eigenvalue weighted by molar-refractivity contribution is 5.09. The van der Waals surface area contributed by atoms with E-state index < -0.39 is 0 Å². The first-order valence-electron chi connectivity index (χ1n) is 8.91. The molecule has 0 radical (unpaired) electrons. The normalized spacial score (nSPS) is 17.3. The molecule has 1 aliphatic rings. The van der Waals surface area contributed by atoms with E-state index >= 15 is 0 Å². The Kier molecular flexibility index (Phi) is 5.08. The summed E-state index contributed by atoms with van der Waals surface area (Å²) in [6, 6.07) is 8.35. The summed E-state index contributed by atoms with van der Waals surface area (Å²) in [4.78, 5) is 6.42. The van der Waals surface area contributed by atoms with Crippen molar-refractivity contribution < 1.29 is 9.26 Å². The average Bonchev–Trinajstić information content (AvgIpc) is 3.28. The molecule has 0 saturated carbocycles. The van der Waals surface area contributed by atoms with Gasteiger partial charge in [-0.05, 0) is 37.1 Å². The number of ether oxygens (including phenoxy) is 1. The van der Waals surface area contributed by atoms with Crippen molar-refractivity contribution in [3.8, 4) is 0 Å². The third-order valence-corrected chi connectivity index (χ3v) is 4.63. The molecular weight excluding hydrogens is 330 g/mol. The van der Waals surface area contributed by atoms with Crippen molar-refractivity contribution in [3.05, 3.63) is 65.6 Å². The molecule has 1 atom stereocenters. The highest BCUT2D eigenvalue weighted by Crippen LogP contribution is 2.24. The van der Waals surface area contributed by atoms with Gasteiger partial charge < -0.3 is 9.26 Å². The predicted octanol–water partition coefficient (Wildman–Crippen LogP) is 2.74. The zero-order valence-electron chi connectivity index (χ0n) is 14.9. The molecule has 1 aliphatic heterocycles. The number of rotatable bonds is 7. The second-order valence-corrected chi connectivity index (χ2v) is 6.72. The summed E-state index contributed by atoms with van der Waals surface area (Å²) in [5, 5.41) is 8.63. The van der Waals surface area contributed by atoms with E-state index in [1.54, 1.807) is 12.4 Å². The van der Waals surface area contributed by atoms with E-state index in [9.17, 15) is 0 Å².